The Hall–Kier alpha value is -3.32. The maximum absolute atomic E-state index is 12.9. The lowest BCUT2D eigenvalue weighted by Gasteiger charge is -2.14. The number of rotatable bonds is 6. The molecule has 1 fully saturated rings. The van der Waals surface area contributed by atoms with E-state index in [4.69, 9.17) is 0 Å². The maximum atomic E-state index is 12.9. The highest BCUT2D eigenvalue weighted by atomic mass is 32.1. The van der Waals surface area contributed by atoms with E-state index in [1.807, 2.05) is 12.1 Å². The first-order valence-corrected chi connectivity index (χ1v) is 12.0. The number of hydrogen-bond donors (Lipinski definition) is 2. The van der Waals surface area contributed by atoms with Crippen molar-refractivity contribution in [2.45, 2.75) is 25.1 Å². The monoisotopic (exact) mass is 505 g/mol. The second-order valence-corrected chi connectivity index (χ2v) is 9.72. The van der Waals surface area contributed by atoms with Crippen LogP contribution in [-0.4, -0.2) is 45.2 Å². The van der Waals surface area contributed by atoms with Gasteiger partial charge in [-0.2, -0.15) is 18.2 Å². The number of amides is 1. The summed E-state index contributed by atoms with van der Waals surface area (Å²) < 4.78 is 39.6. The van der Waals surface area contributed by atoms with Crippen LogP contribution in [-0.2, 0) is 17.4 Å². The number of fused-ring (bicyclic) bond motifs is 1. The van der Waals surface area contributed by atoms with Crippen LogP contribution < -0.4 is 15.5 Å². The van der Waals surface area contributed by atoms with Crippen LogP contribution in [0, 0.1) is 0 Å². The van der Waals surface area contributed by atoms with Gasteiger partial charge in [-0.15, -0.1) is 10.2 Å². The molecule has 13 heteroatoms. The summed E-state index contributed by atoms with van der Waals surface area (Å²) in [5.74, 6) is -0.460. The number of halogens is 3. The number of carbonyl (C=O) groups is 1. The lowest BCUT2D eigenvalue weighted by atomic mass is 10.1. The Morgan fingerprint density at radius 1 is 1.15 bits per heavy atom. The summed E-state index contributed by atoms with van der Waals surface area (Å²) in [6.45, 7) is 1.59. The van der Waals surface area contributed by atoms with Crippen molar-refractivity contribution >= 4 is 54.3 Å². The summed E-state index contributed by atoms with van der Waals surface area (Å²) >= 11 is 2.79. The Balaban J connectivity index is 1.15. The van der Waals surface area contributed by atoms with Crippen LogP contribution in [0.3, 0.4) is 0 Å². The molecular formula is C21H18F3N7OS2. The molecule has 0 spiro atoms. The van der Waals surface area contributed by atoms with Gasteiger partial charge in [0.25, 0.3) is 0 Å². The lowest BCUT2D eigenvalue weighted by molar-refractivity contribution is -0.137. The summed E-state index contributed by atoms with van der Waals surface area (Å²) in [5.41, 5.74) is 0.229. The predicted molar refractivity (Wildman–Crippen MR) is 125 cm³/mol. The zero-order chi connectivity index (χ0) is 23.7. The summed E-state index contributed by atoms with van der Waals surface area (Å²) in [6.07, 6.45) is -2.03. The Morgan fingerprint density at radius 3 is 2.82 bits per heavy atom. The third kappa shape index (κ3) is 5.09. The lowest BCUT2D eigenvalue weighted by Crippen LogP contribution is -2.25. The first-order valence-electron chi connectivity index (χ1n) is 10.4. The van der Waals surface area contributed by atoms with E-state index < -0.39 is 17.6 Å². The first kappa shape index (κ1) is 22.5. The Morgan fingerprint density at radius 2 is 2.00 bits per heavy atom. The molecule has 2 N–H and O–H groups in total. The van der Waals surface area contributed by atoms with Crippen LogP contribution in [0.15, 0.2) is 42.6 Å². The molecule has 0 aliphatic carbocycles. The van der Waals surface area contributed by atoms with E-state index in [-0.39, 0.29) is 23.2 Å². The number of alkyl halides is 3. The second kappa shape index (κ2) is 9.14. The number of nitrogens with one attached hydrogen (secondary N) is 2. The molecule has 34 heavy (non-hydrogen) atoms. The van der Waals surface area contributed by atoms with E-state index in [0.29, 0.717) is 5.13 Å². The van der Waals surface area contributed by atoms with E-state index in [1.54, 1.807) is 17.5 Å². The number of thiazole rings is 1. The molecule has 1 aromatic carbocycles. The molecule has 0 saturated carbocycles. The number of anilines is 3. The van der Waals surface area contributed by atoms with Gasteiger partial charge in [-0.05, 0) is 30.2 Å². The van der Waals surface area contributed by atoms with Crippen LogP contribution in [0.25, 0.3) is 10.3 Å². The van der Waals surface area contributed by atoms with E-state index in [0.717, 1.165) is 47.1 Å². The topological polar surface area (TPSA) is 95.9 Å². The number of nitrogens with zero attached hydrogens (tertiary/aromatic N) is 5. The van der Waals surface area contributed by atoms with E-state index in [2.05, 4.69) is 35.7 Å². The predicted octanol–water partition coefficient (Wildman–Crippen LogP) is 4.43. The van der Waals surface area contributed by atoms with Crippen molar-refractivity contribution in [3.05, 3.63) is 53.7 Å². The molecule has 5 rings (SSSR count). The Labute approximate surface area is 199 Å². The van der Waals surface area contributed by atoms with E-state index >= 15 is 0 Å². The zero-order valence-corrected chi connectivity index (χ0v) is 19.2. The summed E-state index contributed by atoms with van der Waals surface area (Å²) in [5, 5.41) is 15.7. The van der Waals surface area contributed by atoms with Gasteiger partial charge in [0, 0.05) is 25.3 Å². The van der Waals surface area contributed by atoms with Crippen LogP contribution in [0.4, 0.5) is 28.6 Å². The smallest absolute Gasteiger partial charge is 0.355 e. The summed E-state index contributed by atoms with van der Waals surface area (Å²) in [6, 6.07) is 8.75. The van der Waals surface area contributed by atoms with Crippen molar-refractivity contribution in [2.75, 3.05) is 28.6 Å². The average Bonchev–Trinajstić information content (AvgIpc) is 3.53. The van der Waals surface area contributed by atoms with Crippen LogP contribution in [0.5, 0.6) is 0 Å². The van der Waals surface area contributed by atoms with Gasteiger partial charge >= 0.3 is 6.18 Å². The van der Waals surface area contributed by atoms with Crippen molar-refractivity contribution in [1.29, 1.82) is 0 Å². The molecular weight excluding hydrogens is 487 g/mol. The Kier molecular flexibility index (Phi) is 6.04. The number of pyridine rings is 1. The molecule has 4 heterocycles. The molecule has 1 amide bonds. The van der Waals surface area contributed by atoms with Crippen LogP contribution >= 0.6 is 22.7 Å². The van der Waals surface area contributed by atoms with Crippen molar-refractivity contribution in [3.63, 3.8) is 0 Å². The molecule has 1 aliphatic rings. The standard InChI is InChI=1S/C21H18F3N7OS2/c22-21(23,24)13-4-1-3-12(9-13)10-16(32)27-19-30-29-18(34-19)26-14-6-8-31(11-14)20-28-17-15(33-20)5-2-7-25-17/h1-5,7,9,14H,6,8,10-11H2,(H,26,29)(H,27,30,32). The molecule has 0 radical (unpaired) electrons. The summed E-state index contributed by atoms with van der Waals surface area (Å²) in [4.78, 5) is 23.4. The molecule has 4 aromatic rings. The van der Waals surface area contributed by atoms with Crippen molar-refractivity contribution in [2.24, 2.45) is 0 Å². The average molecular weight is 506 g/mol. The van der Waals surface area contributed by atoms with Crippen molar-refractivity contribution < 1.29 is 18.0 Å². The highest BCUT2D eigenvalue weighted by Crippen LogP contribution is 2.31. The molecule has 0 bridgehead atoms. The zero-order valence-electron chi connectivity index (χ0n) is 17.5. The van der Waals surface area contributed by atoms with Gasteiger partial charge in [-0.1, -0.05) is 40.9 Å². The number of hydrogen-bond acceptors (Lipinski definition) is 9. The van der Waals surface area contributed by atoms with Crippen molar-refractivity contribution in [3.8, 4) is 0 Å². The van der Waals surface area contributed by atoms with Gasteiger partial charge in [0.05, 0.1) is 16.7 Å². The molecule has 176 valence electrons. The molecule has 8 nitrogen and oxygen atoms in total. The normalized spacial score (nSPS) is 16.2. The van der Waals surface area contributed by atoms with E-state index in [1.165, 1.54) is 23.5 Å². The maximum Gasteiger partial charge on any atom is 0.416 e. The van der Waals surface area contributed by atoms with Crippen LogP contribution in [0.2, 0.25) is 0 Å². The third-order valence-electron chi connectivity index (χ3n) is 5.23. The molecule has 1 unspecified atom stereocenters. The van der Waals surface area contributed by atoms with Gasteiger partial charge in [-0.3, -0.25) is 4.79 Å². The second-order valence-electron chi connectivity index (χ2n) is 7.73. The van der Waals surface area contributed by atoms with Gasteiger partial charge in [-0.25, -0.2) is 4.98 Å². The molecule has 3 aromatic heterocycles. The van der Waals surface area contributed by atoms with Gasteiger partial charge in [0.2, 0.25) is 16.2 Å². The molecule has 1 saturated heterocycles. The van der Waals surface area contributed by atoms with Gasteiger partial charge < -0.3 is 15.5 Å². The highest BCUT2D eigenvalue weighted by molar-refractivity contribution is 7.22. The van der Waals surface area contributed by atoms with Crippen LogP contribution in [0.1, 0.15) is 17.5 Å². The molecule has 1 aliphatic heterocycles. The minimum absolute atomic E-state index is 0.140. The largest absolute Gasteiger partial charge is 0.416 e. The van der Waals surface area contributed by atoms with Gasteiger partial charge in [0.1, 0.15) is 0 Å². The summed E-state index contributed by atoms with van der Waals surface area (Å²) in [7, 11) is 0. The third-order valence-corrected chi connectivity index (χ3v) is 7.07. The minimum atomic E-state index is -4.45. The minimum Gasteiger partial charge on any atom is -0.355 e. The number of aromatic nitrogens is 4. The molecule has 1 atom stereocenters. The van der Waals surface area contributed by atoms with Gasteiger partial charge in [0.15, 0.2) is 10.8 Å². The fourth-order valence-corrected chi connectivity index (χ4v) is 5.35. The quantitative estimate of drug-likeness (QED) is 0.400. The number of carbonyl (C=O) groups excluding carboxylic acids is 1. The van der Waals surface area contributed by atoms with E-state index in [9.17, 15) is 18.0 Å². The fourth-order valence-electron chi connectivity index (χ4n) is 3.66. The highest BCUT2D eigenvalue weighted by Gasteiger charge is 2.30. The Bertz CT molecular complexity index is 1290. The number of benzene rings is 1. The van der Waals surface area contributed by atoms with Crippen molar-refractivity contribution in [1.82, 2.24) is 20.2 Å². The first-order chi connectivity index (χ1) is 16.3. The SMILES string of the molecule is O=C(Cc1cccc(C(F)(F)F)c1)Nc1nnc(NC2CCN(c3nc4ncccc4s3)C2)s1. The fraction of sp³-hybridized carbons (Fsp3) is 0.286.